The van der Waals surface area contributed by atoms with Gasteiger partial charge in [-0.05, 0) is 68.3 Å². The average Bonchev–Trinajstić information content (AvgIpc) is 3.06. The van der Waals surface area contributed by atoms with Crippen molar-refractivity contribution in [2.45, 2.75) is 50.7 Å². The van der Waals surface area contributed by atoms with Gasteiger partial charge in [0.2, 0.25) is 11.8 Å². The number of hydrogen-bond acceptors (Lipinski definition) is 7. The highest BCUT2D eigenvalue weighted by molar-refractivity contribution is 7.92. The van der Waals surface area contributed by atoms with E-state index in [-0.39, 0.29) is 46.1 Å². The Morgan fingerprint density at radius 2 is 1.60 bits per heavy atom. The fourth-order valence-corrected chi connectivity index (χ4v) is 7.28. The predicted octanol–water partition coefficient (Wildman–Crippen LogP) is 7.23. The number of anilines is 1. The van der Waals surface area contributed by atoms with Crippen LogP contribution in [0.5, 0.6) is 5.75 Å². The van der Waals surface area contributed by atoms with Crippen LogP contribution in [0, 0.1) is 17.0 Å². The van der Waals surface area contributed by atoms with Gasteiger partial charge < -0.3 is 15.0 Å². The first-order chi connectivity index (χ1) is 23.6. The van der Waals surface area contributed by atoms with E-state index in [1.54, 1.807) is 38.1 Å². The van der Waals surface area contributed by atoms with Gasteiger partial charge in [0.25, 0.3) is 15.7 Å². The summed E-state index contributed by atoms with van der Waals surface area (Å²) in [5, 5.41) is 15.4. The number of aryl methyl sites for hydroxylation is 1. The Balaban J connectivity index is 1.91. The molecule has 1 N–H and O–H groups in total. The maximum absolute atomic E-state index is 14.7. The summed E-state index contributed by atoms with van der Waals surface area (Å²) in [5.74, 6) is -1.22. The number of ether oxygens (including phenoxy) is 1. The van der Waals surface area contributed by atoms with Crippen molar-refractivity contribution in [3.05, 3.63) is 127 Å². The van der Waals surface area contributed by atoms with Crippen molar-refractivity contribution < 1.29 is 27.7 Å². The molecule has 0 bridgehead atoms. The Hall–Kier alpha value is -4.36. The van der Waals surface area contributed by atoms with Gasteiger partial charge in [0.05, 0.1) is 22.6 Å². The SMILES string of the molecule is COc1ccc(Cl)cc1N(CC(=O)N(Cc1ccc(Cl)cc1Cl)[C@H](Cc1ccccc1)C(=O)NC(C)C)S(=O)(=O)c1ccc(C)c([N+](=O)[O-])c1. The van der Waals surface area contributed by atoms with Gasteiger partial charge in [-0.3, -0.25) is 24.0 Å². The number of halogens is 3. The Labute approximate surface area is 305 Å². The van der Waals surface area contributed by atoms with Gasteiger partial charge in [0.1, 0.15) is 18.3 Å². The minimum absolute atomic E-state index is 0.0538. The molecule has 0 heterocycles. The van der Waals surface area contributed by atoms with Gasteiger partial charge in [0, 0.05) is 45.7 Å². The van der Waals surface area contributed by atoms with Crippen LogP contribution in [0.15, 0.2) is 89.8 Å². The van der Waals surface area contributed by atoms with E-state index in [1.165, 1.54) is 55.3 Å². The number of nitro groups is 1. The second-order valence-electron chi connectivity index (χ2n) is 11.7. The van der Waals surface area contributed by atoms with Crippen LogP contribution in [0.4, 0.5) is 11.4 Å². The largest absolute Gasteiger partial charge is 0.495 e. The van der Waals surface area contributed by atoms with E-state index in [9.17, 15) is 28.1 Å². The zero-order valence-electron chi connectivity index (χ0n) is 27.6. The van der Waals surface area contributed by atoms with Crippen molar-refractivity contribution in [3.63, 3.8) is 0 Å². The number of nitro benzene ring substituents is 1. The topological polar surface area (TPSA) is 139 Å². The fraction of sp³-hybridized carbons (Fsp3) is 0.257. The molecule has 50 heavy (non-hydrogen) atoms. The smallest absolute Gasteiger partial charge is 0.273 e. The number of methoxy groups -OCH3 is 1. The Morgan fingerprint density at radius 1 is 0.940 bits per heavy atom. The van der Waals surface area contributed by atoms with E-state index in [1.807, 2.05) is 18.2 Å². The quantitative estimate of drug-likeness (QED) is 0.106. The second-order valence-corrected chi connectivity index (χ2v) is 14.8. The lowest BCUT2D eigenvalue weighted by Crippen LogP contribution is -2.54. The molecule has 15 heteroatoms. The van der Waals surface area contributed by atoms with E-state index < -0.39 is 49.9 Å². The van der Waals surface area contributed by atoms with Crippen molar-refractivity contribution in [1.29, 1.82) is 0 Å². The molecule has 0 fully saturated rings. The molecule has 11 nitrogen and oxygen atoms in total. The number of benzene rings is 4. The van der Waals surface area contributed by atoms with Gasteiger partial charge in [0.15, 0.2) is 0 Å². The summed E-state index contributed by atoms with van der Waals surface area (Å²) in [6.45, 7) is 3.98. The molecule has 0 aliphatic rings. The van der Waals surface area contributed by atoms with Crippen LogP contribution in [0.25, 0.3) is 0 Å². The van der Waals surface area contributed by atoms with Crippen LogP contribution in [0.3, 0.4) is 0 Å². The molecule has 4 aromatic rings. The number of nitrogens with zero attached hydrogens (tertiary/aromatic N) is 3. The lowest BCUT2D eigenvalue weighted by molar-refractivity contribution is -0.385. The number of hydrogen-bond donors (Lipinski definition) is 1. The molecule has 0 saturated carbocycles. The summed E-state index contributed by atoms with van der Waals surface area (Å²) in [6, 6.07) is 20.0. The summed E-state index contributed by atoms with van der Waals surface area (Å²) in [6.07, 6.45) is 0.0771. The molecule has 0 aliphatic heterocycles. The Kier molecular flexibility index (Phi) is 12.7. The zero-order chi connectivity index (χ0) is 36.7. The van der Waals surface area contributed by atoms with Gasteiger partial charge in [-0.15, -0.1) is 0 Å². The van der Waals surface area contributed by atoms with E-state index >= 15 is 0 Å². The highest BCUT2D eigenvalue weighted by Gasteiger charge is 2.36. The number of carbonyl (C=O) groups is 2. The monoisotopic (exact) mass is 760 g/mol. The summed E-state index contributed by atoms with van der Waals surface area (Å²) in [5.41, 5.74) is 0.894. The molecule has 1 atom stereocenters. The number of sulfonamides is 1. The fourth-order valence-electron chi connectivity index (χ4n) is 5.21. The maximum Gasteiger partial charge on any atom is 0.273 e. The molecule has 4 aromatic carbocycles. The van der Waals surface area contributed by atoms with Crippen molar-refractivity contribution in [2.24, 2.45) is 0 Å². The van der Waals surface area contributed by atoms with Crippen molar-refractivity contribution in [2.75, 3.05) is 18.0 Å². The highest BCUT2D eigenvalue weighted by atomic mass is 35.5. The molecule has 0 unspecified atom stereocenters. The maximum atomic E-state index is 14.7. The van der Waals surface area contributed by atoms with Crippen LogP contribution in [0.2, 0.25) is 15.1 Å². The zero-order valence-corrected chi connectivity index (χ0v) is 30.7. The molecular formula is C35H35Cl3N4O7S. The molecule has 0 aromatic heterocycles. The van der Waals surface area contributed by atoms with Crippen LogP contribution in [-0.4, -0.2) is 55.8 Å². The first-order valence-electron chi connectivity index (χ1n) is 15.3. The Morgan fingerprint density at radius 3 is 2.22 bits per heavy atom. The molecule has 4 rings (SSSR count). The first kappa shape index (κ1) is 38.4. The lowest BCUT2D eigenvalue weighted by atomic mass is 10.0. The second kappa shape index (κ2) is 16.6. The predicted molar refractivity (Wildman–Crippen MR) is 195 cm³/mol. The molecular weight excluding hydrogens is 727 g/mol. The van der Waals surface area contributed by atoms with Gasteiger partial charge in [-0.2, -0.15) is 0 Å². The standard InChI is InChI=1S/C35H35Cl3N4O7S/c1-22(2)39-35(44)32(16-24-8-6-5-7-9-24)40(20-25-11-12-26(36)17-29(25)38)34(43)21-41(31-18-27(37)13-15-33(31)49-4)50(47,48)28-14-10-23(3)30(19-28)42(45)46/h5-15,17-19,22,32H,16,20-21H2,1-4H3,(H,39,44)/t32-/m1/s1. The third-order valence-corrected chi connectivity index (χ3v) is 10.3. The molecule has 0 radical (unpaired) electrons. The minimum Gasteiger partial charge on any atom is -0.495 e. The van der Waals surface area contributed by atoms with Gasteiger partial charge in [-0.25, -0.2) is 8.42 Å². The normalized spacial score (nSPS) is 11.9. The van der Waals surface area contributed by atoms with Crippen molar-refractivity contribution in [1.82, 2.24) is 10.2 Å². The lowest BCUT2D eigenvalue weighted by Gasteiger charge is -2.34. The van der Waals surface area contributed by atoms with Gasteiger partial charge in [-0.1, -0.05) is 77.3 Å². The third kappa shape index (κ3) is 9.25. The molecule has 2 amide bonds. The number of nitrogens with one attached hydrogen (secondary N) is 1. The Bertz CT molecular complexity index is 2000. The molecule has 0 spiro atoms. The van der Waals surface area contributed by atoms with Crippen LogP contribution in [-0.2, 0) is 32.6 Å². The molecule has 264 valence electrons. The van der Waals surface area contributed by atoms with Crippen LogP contribution < -0.4 is 14.4 Å². The summed E-state index contributed by atoms with van der Waals surface area (Å²) in [4.78, 5) is 40.5. The van der Waals surface area contributed by atoms with Crippen molar-refractivity contribution in [3.8, 4) is 5.75 Å². The molecule has 0 aliphatic carbocycles. The van der Waals surface area contributed by atoms with E-state index in [2.05, 4.69) is 5.32 Å². The number of carbonyl (C=O) groups excluding carboxylic acids is 2. The summed E-state index contributed by atoms with van der Waals surface area (Å²) >= 11 is 19.0. The van der Waals surface area contributed by atoms with E-state index in [0.29, 0.717) is 10.6 Å². The highest BCUT2D eigenvalue weighted by Crippen LogP contribution is 2.36. The number of rotatable bonds is 14. The van der Waals surface area contributed by atoms with Crippen molar-refractivity contribution >= 4 is 68.0 Å². The molecule has 0 saturated heterocycles. The summed E-state index contributed by atoms with van der Waals surface area (Å²) in [7, 11) is -3.40. The first-order valence-corrected chi connectivity index (χ1v) is 17.9. The van der Waals surface area contributed by atoms with E-state index in [0.717, 1.165) is 15.9 Å². The summed E-state index contributed by atoms with van der Waals surface area (Å²) < 4.78 is 35.2. The average molecular weight is 762 g/mol. The van der Waals surface area contributed by atoms with Crippen LogP contribution >= 0.6 is 34.8 Å². The third-order valence-electron chi connectivity index (χ3n) is 7.71. The van der Waals surface area contributed by atoms with E-state index in [4.69, 9.17) is 39.5 Å². The minimum atomic E-state index is -4.72. The number of amides is 2. The van der Waals surface area contributed by atoms with Crippen LogP contribution in [0.1, 0.15) is 30.5 Å². The van der Waals surface area contributed by atoms with Gasteiger partial charge >= 0.3 is 0 Å².